The van der Waals surface area contributed by atoms with Gasteiger partial charge in [0, 0.05) is 6.04 Å². The maximum Gasteiger partial charge on any atom is 0.122 e. The number of piperidine rings is 1. The fourth-order valence-electron chi connectivity index (χ4n) is 5.21. The van der Waals surface area contributed by atoms with E-state index in [9.17, 15) is 0 Å². The van der Waals surface area contributed by atoms with Crippen molar-refractivity contribution in [1.29, 1.82) is 0 Å². The third-order valence-corrected chi connectivity index (χ3v) is 6.98. The minimum absolute atomic E-state index is 0.679. The molecule has 0 atom stereocenters. The Bertz CT molecular complexity index is 525. The predicted octanol–water partition coefficient (Wildman–Crippen LogP) is 7.33. The zero-order chi connectivity index (χ0) is 19.4. The van der Waals surface area contributed by atoms with Crippen LogP contribution in [0.15, 0.2) is 24.3 Å². The smallest absolute Gasteiger partial charge is 0.122 e. The van der Waals surface area contributed by atoms with Crippen molar-refractivity contribution in [3.05, 3.63) is 29.8 Å². The van der Waals surface area contributed by atoms with Crippen LogP contribution in [0.1, 0.15) is 108 Å². The van der Waals surface area contributed by atoms with Crippen LogP contribution in [0.25, 0.3) is 0 Å². The van der Waals surface area contributed by atoms with E-state index < -0.39 is 0 Å². The van der Waals surface area contributed by atoms with Gasteiger partial charge < -0.3 is 9.64 Å². The van der Waals surface area contributed by atoms with E-state index >= 15 is 0 Å². The zero-order valence-corrected chi connectivity index (χ0v) is 18.3. The summed E-state index contributed by atoms with van der Waals surface area (Å²) in [7, 11) is 0. The summed E-state index contributed by atoms with van der Waals surface area (Å²) in [4.78, 5) is 2.84. The molecule has 2 nitrogen and oxygen atoms in total. The van der Waals surface area contributed by atoms with Gasteiger partial charge in [0.25, 0.3) is 0 Å². The van der Waals surface area contributed by atoms with Crippen LogP contribution in [0.3, 0.4) is 0 Å². The minimum Gasteiger partial charge on any atom is -0.493 e. The number of rotatable bonds is 7. The van der Waals surface area contributed by atoms with Gasteiger partial charge in [-0.25, -0.2) is 0 Å². The number of nitrogens with zero attached hydrogens (tertiary/aromatic N) is 1. The molecule has 1 aromatic carbocycles. The van der Waals surface area contributed by atoms with Crippen LogP contribution in [0, 0.1) is 0 Å². The Morgan fingerprint density at radius 3 is 2.14 bits per heavy atom. The highest BCUT2D eigenvalue weighted by atomic mass is 16.5. The van der Waals surface area contributed by atoms with Crippen LogP contribution in [0.4, 0.5) is 0 Å². The lowest BCUT2D eigenvalue weighted by molar-refractivity contribution is 0.131. The molecular weight excluding hydrogens is 342 g/mol. The van der Waals surface area contributed by atoms with Crippen LogP contribution < -0.4 is 4.74 Å². The average Bonchev–Trinajstić information content (AvgIpc) is 2.75. The molecule has 0 bridgehead atoms. The molecule has 1 aliphatic heterocycles. The molecule has 0 aromatic heterocycles. The fraction of sp³-hybridized carbons (Fsp3) is 0.769. The fourth-order valence-corrected chi connectivity index (χ4v) is 5.21. The van der Waals surface area contributed by atoms with E-state index in [4.69, 9.17) is 4.74 Å². The van der Waals surface area contributed by atoms with Gasteiger partial charge in [0.05, 0.1) is 6.61 Å². The number of hydrogen-bond donors (Lipinski definition) is 0. The number of hydrogen-bond acceptors (Lipinski definition) is 2. The summed E-state index contributed by atoms with van der Waals surface area (Å²) < 4.78 is 6.18. The Kier molecular flexibility index (Phi) is 9.70. The van der Waals surface area contributed by atoms with Crippen molar-refractivity contribution in [3.63, 3.8) is 0 Å². The molecular formula is C26H43NO. The van der Waals surface area contributed by atoms with Gasteiger partial charge >= 0.3 is 0 Å². The van der Waals surface area contributed by atoms with E-state index in [1.165, 1.54) is 109 Å². The lowest BCUT2D eigenvalue weighted by Gasteiger charge is -2.38. The van der Waals surface area contributed by atoms with E-state index in [1.807, 2.05) is 0 Å². The average molecular weight is 386 g/mol. The van der Waals surface area contributed by atoms with Crippen LogP contribution in [0.2, 0.25) is 0 Å². The molecule has 2 fully saturated rings. The van der Waals surface area contributed by atoms with E-state index in [0.717, 1.165) is 18.4 Å². The van der Waals surface area contributed by atoms with Crippen molar-refractivity contribution in [1.82, 2.24) is 4.90 Å². The molecule has 158 valence electrons. The second-order valence-electron chi connectivity index (χ2n) is 9.11. The number of unbranched alkanes of at least 4 members (excludes halogenated alkanes) is 2. The second kappa shape index (κ2) is 12.5. The highest BCUT2D eigenvalue weighted by Crippen LogP contribution is 2.35. The predicted molar refractivity (Wildman–Crippen MR) is 120 cm³/mol. The molecule has 0 amide bonds. The largest absolute Gasteiger partial charge is 0.493 e. The molecule has 1 heterocycles. The number of para-hydroxylation sites is 1. The first-order valence-corrected chi connectivity index (χ1v) is 12.3. The second-order valence-corrected chi connectivity index (χ2v) is 9.11. The zero-order valence-electron chi connectivity index (χ0n) is 18.3. The normalized spacial score (nSPS) is 21.5. The van der Waals surface area contributed by atoms with Crippen molar-refractivity contribution < 1.29 is 4.74 Å². The molecule has 0 spiro atoms. The number of likely N-dealkylation sites (tertiary alicyclic amines) is 1. The topological polar surface area (TPSA) is 12.5 Å². The van der Waals surface area contributed by atoms with Crippen molar-refractivity contribution in [2.75, 3.05) is 19.7 Å². The van der Waals surface area contributed by atoms with Gasteiger partial charge in [-0.05, 0) is 62.7 Å². The summed E-state index contributed by atoms with van der Waals surface area (Å²) in [6, 6.07) is 9.68. The Hall–Kier alpha value is -1.02. The third-order valence-electron chi connectivity index (χ3n) is 6.98. The molecule has 1 aliphatic carbocycles. The van der Waals surface area contributed by atoms with Gasteiger partial charge in [0.1, 0.15) is 5.75 Å². The molecule has 1 aromatic rings. The van der Waals surface area contributed by atoms with Crippen molar-refractivity contribution in [2.45, 2.75) is 109 Å². The van der Waals surface area contributed by atoms with Crippen LogP contribution in [0.5, 0.6) is 5.75 Å². The van der Waals surface area contributed by atoms with Gasteiger partial charge in [-0.2, -0.15) is 0 Å². The molecule has 28 heavy (non-hydrogen) atoms. The first-order valence-electron chi connectivity index (χ1n) is 12.3. The first-order chi connectivity index (χ1) is 13.9. The van der Waals surface area contributed by atoms with E-state index in [2.05, 4.69) is 36.1 Å². The molecule has 3 rings (SSSR count). The van der Waals surface area contributed by atoms with Gasteiger partial charge in [-0.1, -0.05) is 82.9 Å². The summed E-state index contributed by atoms with van der Waals surface area (Å²) in [5.74, 6) is 1.83. The summed E-state index contributed by atoms with van der Waals surface area (Å²) in [5.41, 5.74) is 1.46. The maximum absolute atomic E-state index is 6.18. The summed E-state index contributed by atoms with van der Waals surface area (Å²) in [6.07, 6.45) is 19.3. The Labute approximate surface area is 174 Å². The SMILES string of the molecule is CCCCCOc1ccccc1C1CCN(C2CCCCCCCCC2)CC1. The van der Waals surface area contributed by atoms with Gasteiger partial charge in [-0.15, -0.1) is 0 Å². The van der Waals surface area contributed by atoms with Gasteiger partial charge in [0.2, 0.25) is 0 Å². The summed E-state index contributed by atoms with van der Waals surface area (Å²) >= 11 is 0. The molecule has 2 aliphatic rings. The standard InChI is InChI=1S/C26H43NO/c1-2-3-13-22-28-26-17-12-11-16-25(26)23-18-20-27(21-19-23)24-14-9-7-5-4-6-8-10-15-24/h11-12,16-17,23-24H,2-10,13-15,18-22H2,1H3. The Morgan fingerprint density at radius 1 is 0.821 bits per heavy atom. The lowest BCUT2D eigenvalue weighted by atomic mass is 9.87. The minimum atomic E-state index is 0.679. The van der Waals surface area contributed by atoms with Crippen molar-refractivity contribution >= 4 is 0 Å². The monoisotopic (exact) mass is 385 g/mol. The van der Waals surface area contributed by atoms with Crippen LogP contribution in [-0.4, -0.2) is 30.6 Å². The number of ether oxygens (including phenoxy) is 1. The third kappa shape index (κ3) is 6.79. The lowest BCUT2D eigenvalue weighted by Crippen LogP contribution is -2.41. The summed E-state index contributed by atoms with van der Waals surface area (Å²) in [5, 5.41) is 0. The molecule has 0 radical (unpaired) electrons. The highest BCUT2D eigenvalue weighted by Gasteiger charge is 2.27. The Morgan fingerprint density at radius 2 is 1.46 bits per heavy atom. The highest BCUT2D eigenvalue weighted by molar-refractivity contribution is 5.36. The Balaban J connectivity index is 1.51. The maximum atomic E-state index is 6.18. The molecule has 0 N–H and O–H groups in total. The molecule has 0 unspecified atom stereocenters. The van der Waals surface area contributed by atoms with Crippen molar-refractivity contribution in [2.24, 2.45) is 0 Å². The van der Waals surface area contributed by atoms with Gasteiger partial charge in [0.15, 0.2) is 0 Å². The van der Waals surface area contributed by atoms with Crippen LogP contribution in [-0.2, 0) is 0 Å². The molecule has 2 heteroatoms. The van der Waals surface area contributed by atoms with Crippen LogP contribution >= 0.6 is 0 Å². The molecule has 1 saturated heterocycles. The van der Waals surface area contributed by atoms with E-state index in [-0.39, 0.29) is 0 Å². The number of benzene rings is 1. The van der Waals surface area contributed by atoms with E-state index in [1.54, 1.807) is 0 Å². The van der Waals surface area contributed by atoms with Gasteiger partial charge in [-0.3, -0.25) is 0 Å². The van der Waals surface area contributed by atoms with Crippen molar-refractivity contribution in [3.8, 4) is 5.75 Å². The van der Waals surface area contributed by atoms with E-state index in [0.29, 0.717) is 5.92 Å². The molecule has 1 saturated carbocycles. The summed E-state index contributed by atoms with van der Waals surface area (Å²) in [6.45, 7) is 5.67. The first kappa shape index (κ1) is 21.7. The quantitative estimate of drug-likeness (QED) is 0.456.